The Bertz CT molecular complexity index is 291. The third kappa shape index (κ3) is 0.776. The third-order valence-electron chi connectivity index (χ3n) is 2.67. The maximum Gasteiger partial charge on any atom is 0.331 e. The molecule has 4 heteroatoms. The molecule has 1 saturated carbocycles. The first kappa shape index (κ1) is 7.34. The molecule has 0 aromatic carbocycles. The minimum absolute atomic E-state index is 0.0635. The van der Waals surface area contributed by atoms with Crippen molar-refractivity contribution in [1.82, 2.24) is 0 Å². The van der Waals surface area contributed by atoms with Crippen LogP contribution < -0.4 is 0 Å². The monoisotopic (exact) mass is 168 g/mol. The van der Waals surface area contributed by atoms with Gasteiger partial charge in [0.2, 0.25) is 0 Å². The van der Waals surface area contributed by atoms with Gasteiger partial charge in [-0.25, -0.2) is 4.79 Å². The van der Waals surface area contributed by atoms with E-state index in [0.29, 0.717) is 12.0 Å². The molecule has 0 radical (unpaired) electrons. The standard InChI is InChI=1S/C8H8O4/c9-7(10)4-2-1-3-5(4)6(3)8(11)12/h2-3,5-6H,1H2,(H,9,10)(H,11,12). The predicted molar refractivity (Wildman–Crippen MR) is 38.4 cm³/mol. The number of allylic oxidation sites excluding steroid dienone is 1. The summed E-state index contributed by atoms with van der Waals surface area (Å²) in [6.45, 7) is 0. The third-order valence-corrected chi connectivity index (χ3v) is 2.67. The molecular weight excluding hydrogens is 160 g/mol. The number of hydrogen-bond acceptors (Lipinski definition) is 2. The highest BCUT2D eigenvalue weighted by atomic mass is 16.4. The highest BCUT2D eigenvalue weighted by Gasteiger charge is 2.60. The van der Waals surface area contributed by atoms with E-state index in [9.17, 15) is 9.59 Å². The summed E-state index contributed by atoms with van der Waals surface area (Å²) in [6.07, 6.45) is 2.25. The lowest BCUT2D eigenvalue weighted by Gasteiger charge is -1.96. The van der Waals surface area contributed by atoms with E-state index in [-0.39, 0.29) is 11.8 Å². The van der Waals surface area contributed by atoms with E-state index in [0.717, 1.165) is 0 Å². The van der Waals surface area contributed by atoms with E-state index in [4.69, 9.17) is 10.2 Å². The molecule has 3 atom stereocenters. The Balaban J connectivity index is 2.15. The Morgan fingerprint density at radius 1 is 1.42 bits per heavy atom. The minimum atomic E-state index is -0.966. The number of rotatable bonds is 2. The molecule has 0 saturated heterocycles. The molecule has 0 heterocycles. The SMILES string of the molecule is O=C(O)C1=CCC2C(C(=O)O)C12. The largest absolute Gasteiger partial charge is 0.481 e. The van der Waals surface area contributed by atoms with Gasteiger partial charge in [-0.05, 0) is 12.3 Å². The second-order valence-corrected chi connectivity index (χ2v) is 3.25. The van der Waals surface area contributed by atoms with E-state index in [1.165, 1.54) is 0 Å². The molecule has 2 rings (SSSR count). The number of fused-ring (bicyclic) bond motifs is 1. The first-order valence-corrected chi connectivity index (χ1v) is 3.79. The van der Waals surface area contributed by atoms with Crippen LogP contribution in [0.3, 0.4) is 0 Å². The summed E-state index contributed by atoms with van der Waals surface area (Å²) in [4.78, 5) is 21.1. The van der Waals surface area contributed by atoms with Crippen molar-refractivity contribution in [3.63, 3.8) is 0 Å². The Hall–Kier alpha value is -1.32. The van der Waals surface area contributed by atoms with Crippen LogP contribution in [-0.4, -0.2) is 22.2 Å². The van der Waals surface area contributed by atoms with Gasteiger partial charge in [0, 0.05) is 11.5 Å². The summed E-state index contributed by atoms with van der Waals surface area (Å²) in [5.74, 6) is -2.40. The Labute approximate surface area is 68.5 Å². The number of carboxylic acid groups (broad SMARTS) is 2. The molecule has 4 nitrogen and oxygen atoms in total. The molecular formula is C8H8O4. The van der Waals surface area contributed by atoms with Gasteiger partial charge in [0.25, 0.3) is 0 Å². The molecule has 0 bridgehead atoms. The molecule has 0 aliphatic heterocycles. The van der Waals surface area contributed by atoms with Crippen molar-refractivity contribution in [2.75, 3.05) is 0 Å². The maximum absolute atomic E-state index is 10.5. The zero-order valence-corrected chi connectivity index (χ0v) is 6.23. The molecule has 2 aliphatic rings. The minimum Gasteiger partial charge on any atom is -0.481 e. The summed E-state index contributed by atoms with van der Waals surface area (Å²) in [7, 11) is 0. The summed E-state index contributed by atoms with van der Waals surface area (Å²) in [5, 5.41) is 17.3. The van der Waals surface area contributed by atoms with Gasteiger partial charge in [-0.15, -0.1) is 0 Å². The van der Waals surface area contributed by atoms with E-state index in [1.54, 1.807) is 6.08 Å². The van der Waals surface area contributed by atoms with E-state index >= 15 is 0 Å². The summed E-state index contributed by atoms with van der Waals surface area (Å²) < 4.78 is 0. The topological polar surface area (TPSA) is 74.6 Å². The molecule has 0 aromatic rings. The van der Waals surface area contributed by atoms with Gasteiger partial charge in [-0.2, -0.15) is 0 Å². The van der Waals surface area contributed by atoms with Crippen LogP contribution in [0.5, 0.6) is 0 Å². The van der Waals surface area contributed by atoms with Crippen LogP contribution in [0, 0.1) is 17.8 Å². The Morgan fingerprint density at radius 2 is 2.08 bits per heavy atom. The van der Waals surface area contributed by atoms with E-state index in [2.05, 4.69) is 0 Å². The van der Waals surface area contributed by atoms with Crippen LogP contribution in [0.15, 0.2) is 11.6 Å². The number of carbonyl (C=O) groups is 2. The number of hydrogen-bond donors (Lipinski definition) is 2. The number of carboxylic acids is 2. The highest BCUT2D eigenvalue weighted by Crippen LogP contribution is 2.57. The van der Waals surface area contributed by atoms with Crippen LogP contribution in [-0.2, 0) is 9.59 Å². The van der Waals surface area contributed by atoms with Crippen molar-refractivity contribution in [2.45, 2.75) is 6.42 Å². The van der Waals surface area contributed by atoms with Gasteiger partial charge >= 0.3 is 11.9 Å². The van der Waals surface area contributed by atoms with Gasteiger partial charge < -0.3 is 10.2 Å². The first-order valence-electron chi connectivity index (χ1n) is 3.79. The highest BCUT2D eigenvalue weighted by molar-refractivity contribution is 5.91. The van der Waals surface area contributed by atoms with Crippen LogP contribution in [0.1, 0.15) is 6.42 Å². The normalized spacial score (nSPS) is 37.0. The van der Waals surface area contributed by atoms with Crippen molar-refractivity contribution in [2.24, 2.45) is 17.8 Å². The molecule has 3 unspecified atom stereocenters. The predicted octanol–water partition coefficient (Wildman–Crippen LogP) is 0.348. The lowest BCUT2D eigenvalue weighted by Crippen LogP contribution is -2.07. The van der Waals surface area contributed by atoms with Crippen molar-refractivity contribution in [3.8, 4) is 0 Å². The fraction of sp³-hybridized carbons (Fsp3) is 0.500. The zero-order valence-electron chi connectivity index (χ0n) is 6.23. The van der Waals surface area contributed by atoms with Crippen molar-refractivity contribution in [1.29, 1.82) is 0 Å². The molecule has 0 spiro atoms. The fourth-order valence-corrected chi connectivity index (χ4v) is 2.06. The van der Waals surface area contributed by atoms with Crippen molar-refractivity contribution >= 4 is 11.9 Å². The van der Waals surface area contributed by atoms with Gasteiger partial charge in [-0.3, -0.25) is 4.79 Å². The summed E-state index contributed by atoms with van der Waals surface area (Å²) in [5.41, 5.74) is 0.299. The Morgan fingerprint density at radius 3 is 2.50 bits per heavy atom. The maximum atomic E-state index is 10.5. The van der Waals surface area contributed by atoms with Crippen LogP contribution in [0.2, 0.25) is 0 Å². The molecule has 12 heavy (non-hydrogen) atoms. The lowest BCUT2D eigenvalue weighted by molar-refractivity contribution is -0.139. The van der Waals surface area contributed by atoms with Crippen molar-refractivity contribution < 1.29 is 19.8 Å². The second-order valence-electron chi connectivity index (χ2n) is 3.25. The second kappa shape index (κ2) is 2.09. The summed E-state index contributed by atoms with van der Waals surface area (Å²) in [6, 6.07) is 0. The van der Waals surface area contributed by atoms with E-state index < -0.39 is 17.9 Å². The molecule has 2 aliphatic carbocycles. The van der Waals surface area contributed by atoms with Gasteiger partial charge in [0.15, 0.2) is 0 Å². The molecule has 2 N–H and O–H groups in total. The smallest absolute Gasteiger partial charge is 0.331 e. The van der Waals surface area contributed by atoms with Gasteiger partial charge in [0.05, 0.1) is 5.92 Å². The average Bonchev–Trinajstić information content (AvgIpc) is 2.52. The molecule has 0 amide bonds. The van der Waals surface area contributed by atoms with Crippen LogP contribution in [0.25, 0.3) is 0 Å². The Kier molecular flexibility index (Phi) is 1.28. The van der Waals surface area contributed by atoms with Crippen LogP contribution >= 0.6 is 0 Å². The molecule has 0 aromatic heterocycles. The van der Waals surface area contributed by atoms with Gasteiger partial charge in [0.1, 0.15) is 0 Å². The molecule has 64 valence electrons. The van der Waals surface area contributed by atoms with Gasteiger partial charge in [-0.1, -0.05) is 6.08 Å². The van der Waals surface area contributed by atoms with Crippen molar-refractivity contribution in [3.05, 3.63) is 11.6 Å². The summed E-state index contributed by atoms with van der Waals surface area (Å²) >= 11 is 0. The first-order chi connectivity index (χ1) is 5.63. The quantitative estimate of drug-likeness (QED) is 0.623. The fourth-order valence-electron chi connectivity index (χ4n) is 2.06. The van der Waals surface area contributed by atoms with Crippen LogP contribution in [0.4, 0.5) is 0 Å². The lowest BCUT2D eigenvalue weighted by atomic mass is 10.1. The van der Waals surface area contributed by atoms with E-state index in [1.807, 2.05) is 0 Å². The zero-order chi connectivity index (χ0) is 8.88. The molecule has 1 fully saturated rings. The average molecular weight is 168 g/mol. The number of aliphatic carboxylic acids is 2.